The Morgan fingerprint density at radius 3 is 1.95 bits per heavy atom. The van der Waals surface area contributed by atoms with Gasteiger partial charge in [-0.15, -0.1) is 0 Å². The summed E-state index contributed by atoms with van der Waals surface area (Å²) in [6.45, 7) is 0. The minimum atomic E-state index is -0.950. The van der Waals surface area contributed by atoms with E-state index >= 15 is 0 Å². The number of nitrogens with zero attached hydrogens (tertiary/aromatic N) is 1. The Morgan fingerprint density at radius 2 is 1.42 bits per heavy atom. The van der Waals surface area contributed by atoms with Crippen LogP contribution >= 0.6 is 0 Å². The normalized spacial score (nSPS) is 13.9. The minimum Gasteiger partial charge on any atom is -0.268 e. The van der Waals surface area contributed by atoms with Crippen LogP contribution in [0, 0.1) is 11.6 Å². The third kappa shape index (κ3) is 1.62. The smallest absolute Gasteiger partial charge is 0.266 e. The van der Waals surface area contributed by atoms with E-state index in [0.717, 1.165) is 17.0 Å². The van der Waals surface area contributed by atoms with Crippen molar-refractivity contribution in [1.29, 1.82) is 0 Å². The summed E-state index contributed by atoms with van der Waals surface area (Å²) in [6.07, 6.45) is 0. The number of benzene rings is 2. The molecule has 0 aliphatic carbocycles. The molecule has 0 N–H and O–H groups in total. The van der Waals surface area contributed by atoms with Gasteiger partial charge >= 0.3 is 0 Å². The largest absolute Gasteiger partial charge is 0.268 e. The second kappa shape index (κ2) is 3.98. The summed E-state index contributed by atoms with van der Waals surface area (Å²) in [7, 11) is 0. The number of rotatable bonds is 1. The summed E-state index contributed by atoms with van der Waals surface area (Å²) >= 11 is 0. The minimum absolute atomic E-state index is 0.219. The summed E-state index contributed by atoms with van der Waals surface area (Å²) in [5, 5.41) is 0. The standard InChI is InChI=1S/C14H7F2NO2/c15-8-5-6-12(11(16)7-8)17-13(18)9-3-1-2-4-10(9)14(17)19/h1-7H. The fraction of sp³-hybridized carbons (Fsp3) is 0. The fourth-order valence-corrected chi connectivity index (χ4v) is 2.07. The van der Waals surface area contributed by atoms with Crippen molar-refractivity contribution in [1.82, 2.24) is 0 Å². The Balaban J connectivity index is 2.14. The number of hydrogen-bond acceptors (Lipinski definition) is 2. The van der Waals surface area contributed by atoms with Gasteiger partial charge in [0.1, 0.15) is 11.6 Å². The lowest BCUT2D eigenvalue weighted by molar-refractivity contribution is 0.0925. The van der Waals surface area contributed by atoms with Crippen molar-refractivity contribution in [3.8, 4) is 0 Å². The van der Waals surface area contributed by atoms with Crippen LogP contribution in [-0.4, -0.2) is 11.8 Å². The lowest BCUT2D eigenvalue weighted by atomic mass is 10.1. The molecule has 0 aromatic heterocycles. The molecule has 19 heavy (non-hydrogen) atoms. The highest BCUT2D eigenvalue weighted by atomic mass is 19.1. The molecule has 0 fully saturated rings. The zero-order valence-corrected chi connectivity index (χ0v) is 9.56. The molecule has 0 radical (unpaired) electrons. The average Bonchev–Trinajstić information content (AvgIpc) is 2.64. The number of imide groups is 1. The molecule has 94 valence electrons. The molecule has 1 heterocycles. The third-order valence-corrected chi connectivity index (χ3v) is 2.94. The van der Waals surface area contributed by atoms with Gasteiger partial charge < -0.3 is 0 Å². The van der Waals surface area contributed by atoms with Gasteiger partial charge in [0.15, 0.2) is 0 Å². The Kier molecular flexibility index (Phi) is 2.41. The predicted octanol–water partition coefficient (Wildman–Crippen LogP) is 2.77. The highest BCUT2D eigenvalue weighted by molar-refractivity contribution is 6.34. The third-order valence-electron chi connectivity index (χ3n) is 2.94. The molecule has 0 saturated carbocycles. The monoisotopic (exact) mass is 259 g/mol. The molecule has 5 heteroatoms. The van der Waals surface area contributed by atoms with E-state index in [1.807, 2.05) is 0 Å². The van der Waals surface area contributed by atoms with Gasteiger partial charge in [0.05, 0.1) is 16.8 Å². The van der Waals surface area contributed by atoms with Gasteiger partial charge in [-0.1, -0.05) is 12.1 Å². The molecule has 2 aromatic rings. The summed E-state index contributed by atoms with van der Waals surface area (Å²) in [4.78, 5) is 24.9. The van der Waals surface area contributed by atoms with E-state index in [1.165, 1.54) is 12.1 Å². The first-order valence-electron chi connectivity index (χ1n) is 5.52. The SMILES string of the molecule is O=C1c2ccccc2C(=O)N1c1ccc(F)cc1F. The Morgan fingerprint density at radius 1 is 0.842 bits per heavy atom. The van der Waals surface area contributed by atoms with Gasteiger partial charge in [0.2, 0.25) is 0 Å². The molecule has 2 amide bonds. The van der Waals surface area contributed by atoms with Gasteiger partial charge in [0.25, 0.3) is 11.8 Å². The molecule has 0 saturated heterocycles. The van der Waals surface area contributed by atoms with E-state index in [-0.39, 0.29) is 16.8 Å². The lowest BCUT2D eigenvalue weighted by Gasteiger charge is -2.14. The molecule has 3 nitrogen and oxygen atoms in total. The number of hydrogen-bond donors (Lipinski definition) is 0. The predicted molar refractivity (Wildman–Crippen MR) is 63.9 cm³/mol. The summed E-state index contributed by atoms with van der Waals surface area (Å²) in [5.74, 6) is -2.93. The van der Waals surface area contributed by atoms with Crippen molar-refractivity contribution in [2.24, 2.45) is 0 Å². The van der Waals surface area contributed by atoms with Crippen molar-refractivity contribution in [3.63, 3.8) is 0 Å². The first-order chi connectivity index (χ1) is 9.09. The molecule has 0 unspecified atom stereocenters. The van der Waals surface area contributed by atoms with Gasteiger partial charge in [-0.3, -0.25) is 9.59 Å². The van der Waals surface area contributed by atoms with Crippen LogP contribution in [0.5, 0.6) is 0 Å². The summed E-state index contributed by atoms with van der Waals surface area (Å²) in [6, 6.07) is 8.95. The number of halogens is 2. The summed E-state index contributed by atoms with van der Waals surface area (Å²) in [5.41, 5.74) is 0.194. The van der Waals surface area contributed by atoms with E-state index in [9.17, 15) is 18.4 Å². The van der Waals surface area contributed by atoms with E-state index in [0.29, 0.717) is 6.07 Å². The zero-order chi connectivity index (χ0) is 13.6. The second-order valence-electron chi connectivity index (χ2n) is 4.09. The molecule has 0 atom stereocenters. The van der Waals surface area contributed by atoms with Crippen LogP contribution in [0.1, 0.15) is 20.7 Å². The maximum atomic E-state index is 13.7. The van der Waals surface area contributed by atoms with Crippen LogP contribution in [0.3, 0.4) is 0 Å². The van der Waals surface area contributed by atoms with E-state index in [2.05, 4.69) is 0 Å². The van der Waals surface area contributed by atoms with Crippen molar-refractivity contribution in [3.05, 3.63) is 65.2 Å². The Bertz CT molecular complexity index is 677. The lowest BCUT2D eigenvalue weighted by Crippen LogP contribution is -2.30. The molecular formula is C14H7F2NO2. The quantitative estimate of drug-likeness (QED) is 0.738. The van der Waals surface area contributed by atoms with Crippen molar-refractivity contribution < 1.29 is 18.4 Å². The van der Waals surface area contributed by atoms with Crippen molar-refractivity contribution in [2.45, 2.75) is 0 Å². The van der Waals surface area contributed by atoms with Crippen LogP contribution in [0.4, 0.5) is 14.5 Å². The highest BCUT2D eigenvalue weighted by Crippen LogP contribution is 2.30. The number of carbonyl (C=O) groups excluding carboxylic acids is 2. The van der Waals surface area contributed by atoms with E-state index < -0.39 is 23.4 Å². The number of fused-ring (bicyclic) bond motifs is 1. The first-order valence-corrected chi connectivity index (χ1v) is 5.52. The van der Waals surface area contributed by atoms with Gasteiger partial charge in [-0.05, 0) is 24.3 Å². The fourth-order valence-electron chi connectivity index (χ4n) is 2.07. The van der Waals surface area contributed by atoms with Crippen LogP contribution in [0.25, 0.3) is 0 Å². The Hall–Kier alpha value is -2.56. The molecule has 1 aliphatic heterocycles. The van der Waals surface area contributed by atoms with Crippen LogP contribution in [-0.2, 0) is 0 Å². The van der Waals surface area contributed by atoms with Crippen LogP contribution in [0.15, 0.2) is 42.5 Å². The average molecular weight is 259 g/mol. The molecule has 0 spiro atoms. The summed E-state index contributed by atoms with van der Waals surface area (Å²) < 4.78 is 26.5. The number of carbonyl (C=O) groups is 2. The van der Waals surface area contributed by atoms with Crippen LogP contribution < -0.4 is 4.90 Å². The van der Waals surface area contributed by atoms with E-state index in [1.54, 1.807) is 12.1 Å². The van der Waals surface area contributed by atoms with Crippen LogP contribution in [0.2, 0.25) is 0 Å². The first kappa shape index (κ1) is 11.5. The molecule has 3 rings (SSSR count). The van der Waals surface area contributed by atoms with Gasteiger partial charge in [0, 0.05) is 6.07 Å². The zero-order valence-electron chi connectivity index (χ0n) is 9.56. The molecular weight excluding hydrogens is 252 g/mol. The molecule has 2 aromatic carbocycles. The maximum absolute atomic E-state index is 13.7. The Labute approximate surface area is 107 Å². The molecule has 1 aliphatic rings. The second-order valence-corrected chi connectivity index (χ2v) is 4.09. The van der Waals surface area contributed by atoms with Gasteiger partial charge in [-0.2, -0.15) is 0 Å². The topological polar surface area (TPSA) is 37.4 Å². The molecule has 0 bridgehead atoms. The number of anilines is 1. The van der Waals surface area contributed by atoms with Crippen molar-refractivity contribution >= 4 is 17.5 Å². The van der Waals surface area contributed by atoms with Crippen molar-refractivity contribution in [2.75, 3.05) is 4.90 Å². The number of amides is 2. The maximum Gasteiger partial charge on any atom is 0.266 e. The highest BCUT2D eigenvalue weighted by Gasteiger charge is 2.37. The van der Waals surface area contributed by atoms with E-state index in [4.69, 9.17) is 0 Å². The van der Waals surface area contributed by atoms with Gasteiger partial charge in [-0.25, -0.2) is 13.7 Å².